The van der Waals surface area contributed by atoms with E-state index in [0.717, 1.165) is 0 Å². The van der Waals surface area contributed by atoms with Crippen LogP contribution in [0.4, 0.5) is 11.5 Å². The SMILES string of the molecule is Cc1nc(N)c2nc(Cl)cc(N)c2n1. The Hall–Kier alpha value is -1.62. The molecule has 5 nitrogen and oxygen atoms in total. The monoisotopic (exact) mass is 209 g/mol. The van der Waals surface area contributed by atoms with E-state index in [1.165, 1.54) is 6.07 Å². The molecule has 0 saturated carbocycles. The summed E-state index contributed by atoms with van der Waals surface area (Å²) < 4.78 is 0. The first-order valence-corrected chi connectivity index (χ1v) is 4.31. The Kier molecular flexibility index (Phi) is 1.89. The van der Waals surface area contributed by atoms with Gasteiger partial charge < -0.3 is 11.5 Å². The maximum absolute atomic E-state index is 5.73. The molecule has 6 heteroatoms. The second-order valence-corrected chi connectivity index (χ2v) is 3.27. The second-order valence-electron chi connectivity index (χ2n) is 2.89. The van der Waals surface area contributed by atoms with Crippen LogP contribution in [0.2, 0.25) is 5.15 Å². The maximum Gasteiger partial charge on any atom is 0.153 e. The van der Waals surface area contributed by atoms with E-state index in [2.05, 4.69) is 15.0 Å². The minimum Gasteiger partial charge on any atom is -0.397 e. The summed E-state index contributed by atoms with van der Waals surface area (Å²) in [6.45, 7) is 1.74. The molecule has 2 heterocycles. The molecule has 0 atom stereocenters. The number of nitrogens with two attached hydrogens (primary N) is 2. The number of nitrogens with zero attached hydrogens (tertiary/aromatic N) is 3. The number of aromatic nitrogens is 3. The van der Waals surface area contributed by atoms with Gasteiger partial charge in [0.2, 0.25) is 0 Å². The van der Waals surface area contributed by atoms with Gasteiger partial charge in [-0.15, -0.1) is 0 Å². The number of hydrogen-bond donors (Lipinski definition) is 2. The molecule has 0 saturated heterocycles. The Morgan fingerprint density at radius 1 is 1.14 bits per heavy atom. The van der Waals surface area contributed by atoms with Crippen LogP contribution < -0.4 is 11.5 Å². The number of anilines is 2. The van der Waals surface area contributed by atoms with Crippen molar-refractivity contribution in [2.75, 3.05) is 11.5 Å². The zero-order valence-electron chi connectivity index (χ0n) is 7.45. The van der Waals surface area contributed by atoms with Crippen molar-refractivity contribution in [1.29, 1.82) is 0 Å². The molecular weight excluding hydrogens is 202 g/mol. The third kappa shape index (κ3) is 1.31. The minimum absolute atomic E-state index is 0.286. The Balaban J connectivity index is 2.94. The summed E-state index contributed by atoms with van der Waals surface area (Å²) in [7, 11) is 0. The van der Waals surface area contributed by atoms with Crippen molar-refractivity contribution in [3.63, 3.8) is 0 Å². The predicted octanol–water partition coefficient (Wildman–Crippen LogP) is 1.15. The number of pyridine rings is 1. The average Bonchev–Trinajstić information content (AvgIpc) is 2.07. The molecule has 72 valence electrons. The smallest absolute Gasteiger partial charge is 0.153 e. The summed E-state index contributed by atoms with van der Waals surface area (Å²) in [5.74, 6) is 0.854. The van der Waals surface area contributed by atoms with E-state index in [1.54, 1.807) is 6.92 Å². The Morgan fingerprint density at radius 3 is 2.57 bits per heavy atom. The number of hydrogen-bond acceptors (Lipinski definition) is 5. The van der Waals surface area contributed by atoms with E-state index in [4.69, 9.17) is 23.1 Å². The molecule has 0 aliphatic carbocycles. The van der Waals surface area contributed by atoms with Crippen LogP contribution in [0.3, 0.4) is 0 Å². The van der Waals surface area contributed by atoms with Crippen molar-refractivity contribution >= 4 is 34.1 Å². The molecule has 0 radical (unpaired) electrons. The van der Waals surface area contributed by atoms with Crippen molar-refractivity contribution in [2.45, 2.75) is 6.92 Å². The standard InChI is InChI=1S/C8H8ClN5/c1-3-12-6-4(10)2-5(9)14-7(6)8(11)13-3/h2H,1H3,(H2,10,14)(H2,11,12,13). The minimum atomic E-state index is 0.286. The first kappa shape index (κ1) is 8.96. The highest BCUT2D eigenvalue weighted by atomic mass is 35.5. The number of rotatable bonds is 0. The molecule has 0 aromatic carbocycles. The maximum atomic E-state index is 5.73. The zero-order valence-corrected chi connectivity index (χ0v) is 8.21. The van der Waals surface area contributed by atoms with E-state index < -0.39 is 0 Å². The van der Waals surface area contributed by atoms with Gasteiger partial charge >= 0.3 is 0 Å². The lowest BCUT2D eigenvalue weighted by molar-refractivity contribution is 1.09. The quantitative estimate of drug-likeness (QED) is 0.636. The second kappa shape index (κ2) is 2.95. The van der Waals surface area contributed by atoms with Gasteiger partial charge in [-0.1, -0.05) is 11.6 Å². The van der Waals surface area contributed by atoms with Crippen LogP contribution in [0, 0.1) is 6.92 Å². The lowest BCUT2D eigenvalue weighted by atomic mass is 10.3. The molecule has 4 N–H and O–H groups in total. The van der Waals surface area contributed by atoms with E-state index in [-0.39, 0.29) is 5.15 Å². The Labute approximate surface area is 85.1 Å². The third-order valence-electron chi connectivity index (χ3n) is 1.79. The highest BCUT2D eigenvalue weighted by Gasteiger charge is 2.08. The van der Waals surface area contributed by atoms with Gasteiger partial charge in [-0.2, -0.15) is 0 Å². The zero-order chi connectivity index (χ0) is 10.3. The fraction of sp³-hybridized carbons (Fsp3) is 0.125. The normalized spacial score (nSPS) is 10.7. The lowest BCUT2D eigenvalue weighted by Gasteiger charge is -2.04. The third-order valence-corrected chi connectivity index (χ3v) is 1.98. The number of aryl methyl sites for hydroxylation is 1. The van der Waals surface area contributed by atoms with Gasteiger partial charge in [0.05, 0.1) is 5.69 Å². The summed E-state index contributed by atoms with van der Waals surface area (Å²) in [4.78, 5) is 12.1. The van der Waals surface area contributed by atoms with Crippen molar-refractivity contribution < 1.29 is 0 Å². The van der Waals surface area contributed by atoms with Crippen LogP contribution in [-0.4, -0.2) is 15.0 Å². The molecule has 2 aromatic rings. The number of nitrogen functional groups attached to an aromatic ring is 2. The Morgan fingerprint density at radius 2 is 1.86 bits per heavy atom. The van der Waals surface area contributed by atoms with Crippen molar-refractivity contribution in [3.05, 3.63) is 17.0 Å². The van der Waals surface area contributed by atoms with E-state index in [1.807, 2.05) is 0 Å². The van der Waals surface area contributed by atoms with Gasteiger partial charge in [-0.25, -0.2) is 15.0 Å². The topological polar surface area (TPSA) is 90.7 Å². The molecule has 2 rings (SSSR count). The van der Waals surface area contributed by atoms with Gasteiger partial charge in [0.25, 0.3) is 0 Å². The highest BCUT2D eigenvalue weighted by Crippen LogP contribution is 2.23. The van der Waals surface area contributed by atoms with E-state index in [0.29, 0.717) is 28.4 Å². The summed E-state index contributed by atoms with van der Waals surface area (Å²) in [6, 6.07) is 1.54. The fourth-order valence-electron chi connectivity index (χ4n) is 1.24. The van der Waals surface area contributed by atoms with Crippen LogP contribution >= 0.6 is 11.6 Å². The summed E-state index contributed by atoms with van der Waals surface area (Å²) in [5, 5.41) is 0.286. The van der Waals surface area contributed by atoms with Crippen LogP contribution in [0.15, 0.2) is 6.07 Å². The molecule has 0 amide bonds. The molecule has 0 spiro atoms. The van der Waals surface area contributed by atoms with Crippen molar-refractivity contribution in [3.8, 4) is 0 Å². The predicted molar refractivity (Wildman–Crippen MR) is 55.9 cm³/mol. The van der Waals surface area contributed by atoms with Crippen LogP contribution in [0.25, 0.3) is 11.0 Å². The highest BCUT2D eigenvalue weighted by molar-refractivity contribution is 6.30. The molecular formula is C8H8ClN5. The molecule has 0 aliphatic rings. The van der Waals surface area contributed by atoms with Gasteiger partial charge in [0, 0.05) is 6.07 Å². The first-order chi connectivity index (χ1) is 6.58. The van der Waals surface area contributed by atoms with Gasteiger partial charge in [0.1, 0.15) is 22.0 Å². The summed E-state index contributed by atoms with van der Waals surface area (Å²) in [6.07, 6.45) is 0. The fourth-order valence-corrected chi connectivity index (χ4v) is 1.44. The average molecular weight is 210 g/mol. The van der Waals surface area contributed by atoms with Crippen LogP contribution in [0.1, 0.15) is 5.82 Å². The van der Waals surface area contributed by atoms with Crippen molar-refractivity contribution in [2.24, 2.45) is 0 Å². The molecule has 2 aromatic heterocycles. The molecule has 0 unspecified atom stereocenters. The summed E-state index contributed by atoms with van der Waals surface area (Å²) in [5.41, 5.74) is 12.8. The summed E-state index contributed by atoms with van der Waals surface area (Å²) >= 11 is 5.73. The van der Waals surface area contributed by atoms with Crippen LogP contribution in [-0.2, 0) is 0 Å². The van der Waals surface area contributed by atoms with Crippen LogP contribution in [0.5, 0.6) is 0 Å². The molecule has 0 fully saturated rings. The first-order valence-electron chi connectivity index (χ1n) is 3.94. The Bertz CT molecular complexity index is 463. The molecule has 0 bridgehead atoms. The van der Waals surface area contributed by atoms with E-state index >= 15 is 0 Å². The van der Waals surface area contributed by atoms with Gasteiger partial charge in [-0.3, -0.25) is 0 Å². The van der Waals surface area contributed by atoms with Gasteiger partial charge in [-0.05, 0) is 6.92 Å². The largest absolute Gasteiger partial charge is 0.397 e. The van der Waals surface area contributed by atoms with E-state index in [9.17, 15) is 0 Å². The van der Waals surface area contributed by atoms with Gasteiger partial charge in [0.15, 0.2) is 5.82 Å². The molecule has 0 aliphatic heterocycles. The lowest BCUT2D eigenvalue weighted by Crippen LogP contribution is -2.01. The number of halogens is 1. The molecule has 14 heavy (non-hydrogen) atoms. The van der Waals surface area contributed by atoms with Crippen molar-refractivity contribution in [1.82, 2.24) is 15.0 Å². The number of fused-ring (bicyclic) bond motifs is 1.